The maximum Gasteiger partial charge on any atom is 0.335 e. The highest BCUT2D eigenvalue weighted by Gasteiger charge is 2.08. The van der Waals surface area contributed by atoms with Crippen molar-refractivity contribution in [2.24, 2.45) is 0 Å². The zero-order valence-corrected chi connectivity index (χ0v) is 11.2. The van der Waals surface area contributed by atoms with Gasteiger partial charge < -0.3 is 10.1 Å². The van der Waals surface area contributed by atoms with Crippen LogP contribution in [0.1, 0.15) is 15.9 Å². The van der Waals surface area contributed by atoms with E-state index in [0.717, 1.165) is 5.56 Å². The molecule has 2 aromatic rings. The molecule has 0 radical (unpaired) electrons. The van der Waals surface area contributed by atoms with Gasteiger partial charge in [0.05, 0.1) is 5.56 Å². The van der Waals surface area contributed by atoms with Gasteiger partial charge in [-0.25, -0.2) is 9.78 Å². The number of aromatic carboxylic acids is 1. The number of halogens is 1. The van der Waals surface area contributed by atoms with Crippen molar-refractivity contribution < 1.29 is 9.90 Å². The number of hydrogen-bond acceptors (Lipinski definition) is 4. The molecule has 98 valence electrons. The third kappa shape index (κ3) is 3.59. The van der Waals surface area contributed by atoms with E-state index in [-0.39, 0.29) is 11.1 Å². The first-order valence-corrected chi connectivity index (χ1v) is 6.62. The van der Waals surface area contributed by atoms with Crippen LogP contribution in [0.15, 0.2) is 40.4 Å². The number of benzene rings is 1. The molecule has 19 heavy (non-hydrogen) atoms. The molecule has 0 amide bonds. The van der Waals surface area contributed by atoms with Gasteiger partial charge in [0, 0.05) is 23.0 Å². The van der Waals surface area contributed by atoms with Gasteiger partial charge in [0.15, 0.2) is 5.16 Å². The first-order chi connectivity index (χ1) is 9.06. The fraction of sp³-hybridized carbons (Fsp3) is 0.0833. The normalized spacial score (nSPS) is 10.4. The lowest BCUT2D eigenvalue weighted by molar-refractivity contribution is 0.0697. The molecule has 1 aromatic heterocycles. The topological polar surface area (TPSA) is 83.0 Å². The largest absolute Gasteiger partial charge is 0.478 e. The summed E-state index contributed by atoms with van der Waals surface area (Å²) in [6, 6.07) is 5.88. The summed E-state index contributed by atoms with van der Waals surface area (Å²) < 4.78 is 0. The number of carboxylic acid groups (broad SMARTS) is 1. The first-order valence-electron chi connectivity index (χ1n) is 5.26. The minimum Gasteiger partial charge on any atom is -0.478 e. The van der Waals surface area contributed by atoms with E-state index < -0.39 is 5.97 Å². The maximum atomic E-state index is 11.1. The van der Waals surface area contributed by atoms with Crippen molar-refractivity contribution in [3.63, 3.8) is 0 Å². The van der Waals surface area contributed by atoms with Crippen LogP contribution in [0.2, 0.25) is 5.02 Å². The standard InChI is InChI=1S/C12H9ClN2O3S/c13-9-5-7(11(17)18)1-2-8(9)6-19-12-14-4-3-10(16)15-12/h1-5H,6H2,(H,17,18)(H,14,15,16). The molecule has 0 aliphatic rings. The van der Waals surface area contributed by atoms with E-state index in [2.05, 4.69) is 9.97 Å². The molecule has 0 spiro atoms. The molecular weight excluding hydrogens is 288 g/mol. The van der Waals surface area contributed by atoms with E-state index in [4.69, 9.17) is 16.7 Å². The van der Waals surface area contributed by atoms with Crippen molar-refractivity contribution in [2.75, 3.05) is 0 Å². The quantitative estimate of drug-likeness (QED) is 0.669. The number of H-pyrrole nitrogens is 1. The second-order valence-corrected chi connectivity index (χ2v) is 5.01. The van der Waals surface area contributed by atoms with Gasteiger partial charge >= 0.3 is 5.97 Å². The Hall–Kier alpha value is -1.79. The molecule has 7 heteroatoms. The van der Waals surface area contributed by atoms with Gasteiger partial charge in [0.2, 0.25) is 0 Å². The molecule has 0 saturated heterocycles. The van der Waals surface area contributed by atoms with Crippen LogP contribution in [-0.2, 0) is 5.75 Å². The zero-order chi connectivity index (χ0) is 13.8. The van der Waals surface area contributed by atoms with Crippen molar-refractivity contribution in [3.05, 3.63) is 57.0 Å². The first kappa shape index (κ1) is 13.6. The van der Waals surface area contributed by atoms with Crippen LogP contribution in [0.3, 0.4) is 0 Å². The van der Waals surface area contributed by atoms with Crippen molar-refractivity contribution in [2.45, 2.75) is 10.9 Å². The van der Waals surface area contributed by atoms with Crippen molar-refractivity contribution in [3.8, 4) is 0 Å². The summed E-state index contributed by atoms with van der Waals surface area (Å²) in [5.41, 5.74) is 0.706. The maximum absolute atomic E-state index is 11.1. The van der Waals surface area contributed by atoms with Crippen molar-refractivity contribution in [1.29, 1.82) is 0 Å². The Balaban J connectivity index is 2.12. The van der Waals surface area contributed by atoms with E-state index in [0.29, 0.717) is 15.9 Å². The Morgan fingerprint density at radius 1 is 1.42 bits per heavy atom. The molecule has 5 nitrogen and oxygen atoms in total. The summed E-state index contributed by atoms with van der Waals surface area (Å²) in [7, 11) is 0. The summed E-state index contributed by atoms with van der Waals surface area (Å²) in [5.74, 6) is -0.527. The van der Waals surface area contributed by atoms with Crippen LogP contribution >= 0.6 is 23.4 Å². The van der Waals surface area contributed by atoms with Gasteiger partial charge in [0.1, 0.15) is 0 Å². The smallest absolute Gasteiger partial charge is 0.335 e. The van der Waals surface area contributed by atoms with Crippen molar-refractivity contribution >= 4 is 29.3 Å². The number of carbonyl (C=O) groups is 1. The molecule has 0 atom stereocenters. The Labute approximate surface area is 117 Å². The highest BCUT2D eigenvalue weighted by atomic mass is 35.5. The van der Waals surface area contributed by atoms with Gasteiger partial charge in [-0.15, -0.1) is 0 Å². The average Bonchev–Trinajstić information content (AvgIpc) is 2.37. The minimum atomic E-state index is -1.02. The Morgan fingerprint density at radius 3 is 2.84 bits per heavy atom. The van der Waals surface area contributed by atoms with Crippen LogP contribution in [0, 0.1) is 0 Å². The third-order valence-electron chi connectivity index (χ3n) is 2.31. The van der Waals surface area contributed by atoms with Crippen LogP contribution in [0.4, 0.5) is 0 Å². The van der Waals surface area contributed by atoms with E-state index in [1.165, 1.54) is 36.2 Å². The predicted octanol–water partition coefficient (Wildman–Crippen LogP) is 2.41. The third-order valence-corrected chi connectivity index (χ3v) is 3.60. The molecular formula is C12H9ClN2O3S. The summed E-state index contributed by atoms with van der Waals surface area (Å²) in [5, 5.41) is 9.70. The molecule has 2 N–H and O–H groups in total. The molecule has 0 fully saturated rings. The Morgan fingerprint density at radius 2 is 2.21 bits per heavy atom. The summed E-state index contributed by atoms with van der Waals surface area (Å²) >= 11 is 7.32. The Kier molecular flexibility index (Phi) is 4.24. The number of thioether (sulfide) groups is 1. The lowest BCUT2D eigenvalue weighted by Gasteiger charge is -2.04. The monoisotopic (exact) mass is 296 g/mol. The van der Waals surface area contributed by atoms with Crippen LogP contribution < -0.4 is 5.56 Å². The van der Waals surface area contributed by atoms with Crippen molar-refractivity contribution in [1.82, 2.24) is 9.97 Å². The Bertz CT molecular complexity index is 672. The lowest BCUT2D eigenvalue weighted by Crippen LogP contribution is -2.05. The second kappa shape index (κ2) is 5.90. The van der Waals surface area contributed by atoms with E-state index in [1.807, 2.05) is 0 Å². The second-order valence-electron chi connectivity index (χ2n) is 3.64. The van der Waals surface area contributed by atoms with E-state index in [1.54, 1.807) is 6.07 Å². The van der Waals surface area contributed by atoms with Crippen LogP contribution in [0.25, 0.3) is 0 Å². The number of nitrogens with zero attached hydrogens (tertiary/aromatic N) is 1. The van der Waals surface area contributed by atoms with Crippen LogP contribution in [-0.4, -0.2) is 21.0 Å². The number of rotatable bonds is 4. The summed E-state index contributed by atoms with van der Waals surface area (Å²) in [6.45, 7) is 0. The van der Waals surface area contributed by atoms with Gasteiger partial charge in [0.25, 0.3) is 5.56 Å². The predicted molar refractivity (Wildman–Crippen MR) is 72.8 cm³/mol. The highest BCUT2D eigenvalue weighted by molar-refractivity contribution is 7.98. The van der Waals surface area contributed by atoms with E-state index in [9.17, 15) is 9.59 Å². The molecule has 1 aromatic carbocycles. The molecule has 0 unspecified atom stereocenters. The fourth-order valence-electron chi connectivity index (χ4n) is 1.37. The van der Waals surface area contributed by atoms with Crippen LogP contribution in [0.5, 0.6) is 0 Å². The number of aromatic amines is 1. The van der Waals surface area contributed by atoms with Gasteiger partial charge in [-0.05, 0) is 17.7 Å². The molecule has 0 saturated carbocycles. The fourth-order valence-corrected chi connectivity index (χ4v) is 2.55. The highest BCUT2D eigenvalue weighted by Crippen LogP contribution is 2.25. The molecule has 0 aliphatic carbocycles. The number of aromatic nitrogens is 2. The molecule has 0 aliphatic heterocycles. The molecule has 0 bridgehead atoms. The molecule has 2 rings (SSSR count). The average molecular weight is 297 g/mol. The zero-order valence-electron chi connectivity index (χ0n) is 9.59. The SMILES string of the molecule is O=C(O)c1ccc(CSc2nccc(=O)[nH]2)c(Cl)c1. The number of nitrogens with one attached hydrogen (secondary N) is 1. The summed E-state index contributed by atoms with van der Waals surface area (Å²) in [4.78, 5) is 28.4. The molecule has 1 heterocycles. The van der Waals surface area contributed by atoms with E-state index >= 15 is 0 Å². The lowest BCUT2D eigenvalue weighted by atomic mass is 10.1. The van der Waals surface area contributed by atoms with Gasteiger partial charge in [-0.2, -0.15) is 0 Å². The van der Waals surface area contributed by atoms with Gasteiger partial charge in [-0.3, -0.25) is 4.79 Å². The van der Waals surface area contributed by atoms with Gasteiger partial charge in [-0.1, -0.05) is 29.4 Å². The summed E-state index contributed by atoms with van der Waals surface area (Å²) in [6.07, 6.45) is 1.43. The minimum absolute atomic E-state index is 0.144. The number of hydrogen-bond donors (Lipinski definition) is 2. The number of carboxylic acids is 1.